The molecule has 0 saturated heterocycles. The number of likely N-dealkylation sites (N-methyl/N-ethyl adjacent to an activating group) is 1. The summed E-state index contributed by atoms with van der Waals surface area (Å²) in [6, 6.07) is 31.5. The molecule has 0 aliphatic rings. The van der Waals surface area contributed by atoms with Crippen molar-refractivity contribution < 1.29 is 29.2 Å². The Hall–Kier alpha value is -5.78. The number of pyridine rings is 2. The van der Waals surface area contributed by atoms with Crippen molar-refractivity contribution in [3.8, 4) is 23.0 Å². The van der Waals surface area contributed by atoms with Crippen LogP contribution in [0, 0.1) is 0 Å². The highest BCUT2D eigenvalue weighted by Gasteiger charge is 2.15. The molecule has 0 aliphatic carbocycles. The first-order valence-electron chi connectivity index (χ1n) is 18.3. The van der Waals surface area contributed by atoms with Gasteiger partial charge in [-0.25, -0.2) is 0 Å². The number of aliphatic hydroxyl groups excluding tert-OH is 2. The standard InChI is InChI=1S/C31H29ClN2O5.C14H15NO2/c1-34(2)13-14-37-29-16-22(32)15-27-30(36)26-12-11-24(17-28(26)39-31(27)29)38-25-10-9-23(33-18-25)8-7-20-3-5-21(19-35)6-4-20;16-10-12-3-1-11(2-4-12)5-6-13-7-8-14(17)9-15-13/h3-6,9-12,15-18,35H,7-8,13-14,19H2,1-2H3;1-4,7-9,16-17H,5-6,10H2. The van der Waals surface area contributed by atoms with E-state index in [-0.39, 0.29) is 24.4 Å². The molecular formula is C45H44ClN3O7. The van der Waals surface area contributed by atoms with Gasteiger partial charge in [0.05, 0.1) is 36.4 Å². The van der Waals surface area contributed by atoms with Crippen molar-refractivity contribution in [3.05, 3.63) is 164 Å². The van der Waals surface area contributed by atoms with Crippen LogP contribution >= 0.6 is 11.6 Å². The number of nitrogens with zero attached hydrogens (tertiary/aromatic N) is 3. The fourth-order valence-electron chi connectivity index (χ4n) is 5.87. The van der Waals surface area contributed by atoms with Gasteiger partial charge in [-0.1, -0.05) is 60.1 Å². The Bertz CT molecular complexity index is 2400. The molecule has 3 aromatic heterocycles. The fourth-order valence-corrected chi connectivity index (χ4v) is 6.08. The summed E-state index contributed by atoms with van der Waals surface area (Å²) in [5, 5.41) is 28.4. The molecule has 7 rings (SSSR count). The van der Waals surface area contributed by atoms with Gasteiger partial charge in [0.15, 0.2) is 11.3 Å². The highest BCUT2D eigenvalue weighted by Crippen LogP contribution is 2.33. The highest BCUT2D eigenvalue weighted by atomic mass is 35.5. The van der Waals surface area contributed by atoms with Gasteiger partial charge in [0.2, 0.25) is 5.43 Å². The van der Waals surface area contributed by atoms with E-state index in [1.807, 2.05) is 85.7 Å². The van der Waals surface area contributed by atoms with Gasteiger partial charge in [0, 0.05) is 35.1 Å². The molecule has 3 heterocycles. The van der Waals surface area contributed by atoms with Crippen molar-refractivity contribution >= 4 is 33.5 Å². The number of aliphatic hydroxyl groups is 2. The van der Waals surface area contributed by atoms with Crippen LogP contribution in [0.3, 0.4) is 0 Å². The van der Waals surface area contributed by atoms with Crippen LogP contribution in [0.2, 0.25) is 5.02 Å². The van der Waals surface area contributed by atoms with Crippen LogP contribution in [0.25, 0.3) is 21.9 Å². The second-order valence-electron chi connectivity index (χ2n) is 13.6. The normalized spacial score (nSPS) is 11.1. The number of aromatic hydroxyl groups is 1. The number of hydrogen-bond acceptors (Lipinski definition) is 10. The van der Waals surface area contributed by atoms with Gasteiger partial charge in [-0.2, -0.15) is 0 Å². The minimum Gasteiger partial charge on any atom is -0.506 e. The van der Waals surface area contributed by atoms with Gasteiger partial charge in [0.25, 0.3) is 0 Å². The Morgan fingerprint density at radius 2 is 1.27 bits per heavy atom. The lowest BCUT2D eigenvalue weighted by Gasteiger charge is -2.13. The van der Waals surface area contributed by atoms with Gasteiger partial charge in [0.1, 0.15) is 29.4 Å². The first kappa shape index (κ1) is 39.9. The summed E-state index contributed by atoms with van der Waals surface area (Å²) in [5.41, 5.74) is 6.71. The zero-order chi connectivity index (χ0) is 39.4. The first-order chi connectivity index (χ1) is 27.2. The maximum absolute atomic E-state index is 13.2. The number of aryl methyl sites for hydroxylation is 4. The predicted octanol–water partition coefficient (Wildman–Crippen LogP) is 8.07. The maximum atomic E-state index is 13.2. The molecular weight excluding hydrogens is 730 g/mol. The number of ether oxygens (including phenoxy) is 2. The summed E-state index contributed by atoms with van der Waals surface area (Å²) >= 11 is 6.27. The van der Waals surface area contributed by atoms with E-state index in [2.05, 4.69) is 9.97 Å². The van der Waals surface area contributed by atoms with Gasteiger partial charge in [-0.05, 0) is 104 Å². The molecule has 0 saturated carbocycles. The Balaban J connectivity index is 0.000000261. The number of aromatic nitrogens is 2. The number of fused-ring (bicyclic) bond motifs is 2. The lowest BCUT2D eigenvalue weighted by atomic mass is 10.1. The molecule has 11 heteroatoms. The molecule has 0 fully saturated rings. The molecule has 0 atom stereocenters. The first-order valence-corrected chi connectivity index (χ1v) is 18.7. The number of hydrogen-bond donors (Lipinski definition) is 3. The van der Waals surface area contributed by atoms with E-state index in [4.69, 9.17) is 35.7 Å². The summed E-state index contributed by atoms with van der Waals surface area (Å²) in [6.45, 7) is 1.26. The predicted molar refractivity (Wildman–Crippen MR) is 219 cm³/mol. The van der Waals surface area contributed by atoms with Crippen LogP contribution < -0.4 is 14.9 Å². The van der Waals surface area contributed by atoms with Gasteiger partial charge in [-0.3, -0.25) is 14.8 Å². The van der Waals surface area contributed by atoms with Crippen LogP contribution in [0.4, 0.5) is 0 Å². The second-order valence-corrected chi connectivity index (χ2v) is 14.0. The molecule has 0 amide bonds. The van der Waals surface area contributed by atoms with Crippen molar-refractivity contribution in [2.45, 2.75) is 38.9 Å². The summed E-state index contributed by atoms with van der Waals surface area (Å²) in [4.78, 5) is 23.9. The van der Waals surface area contributed by atoms with Crippen LogP contribution in [0.15, 0.2) is 125 Å². The lowest BCUT2D eigenvalue weighted by Crippen LogP contribution is -2.19. The van der Waals surface area contributed by atoms with E-state index in [0.29, 0.717) is 57.4 Å². The Morgan fingerprint density at radius 3 is 1.82 bits per heavy atom. The minimum absolute atomic E-state index is 0.0463. The van der Waals surface area contributed by atoms with E-state index in [9.17, 15) is 9.90 Å². The molecule has 288 valence electrons. The number of benzene rings is 4. The summed E-state index contributed by atoms with van der Waals surface area (Å²) < 4.78 is 18.1. The van der Waals surface area contributed by atoms with E-state index in [1.54, 1.807) is 42.6 Å². The van der Waals surface area contributed by atoms with Crippen LogP contribution in [-0.2, 0) is 38.9 Å². The Labute approximate surface area is 330 Å². The third-order valence-corrected chi connectivity index (χ3v) is 9.28. The summed E-state index contributed by atoms with van der Waals surface area (Å²) in [6.07, 6.45) is 6.54. The average molecular weight is 774 g/mol. The average Bonchev–Trinajstić information content (AvgIpc) is 3.21. The molecule has 0 bridgehead atoms. The van der Waals surface area contributed by atoms with E-state index in [1.165, 1.54) is 17.3 Å². The summed E-state index contributed by atoms with van der Waals surface area (Å²) in [5.74, 6) is 1.72. The van der Waals surface area contributed by atoms with Crippen molar-refractivity contribution in [2.75, 3.05) is 27.2 Å². The quantitative estimate of drug-likeness (QED) is 0.0931. The molecule has 0 spiro atoms. The molecule has 0 aliphatic heterocycles. The van der Waals surface area contributed by atoms with E-state index >= 15 is 0 Å². The third-order valence-electron chi connectivity index (χ3n) is 9.06. The lowest BCUT2D eigenvalue weighted by molar-refractivity contribution is 0.261. The third kappa shape index (κ3) is 10.9. The van der Waals surface area contributed by atoms with E-state index < -0.39 is 0 Å². The largest absolute Gasteiger partial charge is 0.506 e. The van der Waals surface area contributed by atoms with Crippen LogP contribution in [0.1, 0.15) is 33.6 Å². The van der Waals surface area contributed by atoms with Gasteiger partial charge < -0.3 is 34.1 Å². The summed E-state index contributed by atoms with van der Waals surface area (Å²) in [7, 11) is 3.91. The smallest absolute Gasteiger partial charge is 0.200 e. The zero-order valence-corrected chi connectivity index (χ0v) is 32.1. The molecule has 7 aromatic rings. The molecule has 3 N–H and O–H groups in total. The minimum atomic E-state index is -0.185. The molecule has 0 radical (unpaired) electrons. The Morgan fingerprint density at radius 1 is 0.679 bits per heavy atom. The van der Waals surface area contributed by atoms with Crippen LogP contribution in [0.5, 0.6) is 23.0 Å². The van der Waals surface area contributed by atoms with Crippen molar-refractivity contribution in [1.82, 2.24) is 14.9 Å². The van der Waals surface area contributed by atoms with Crippen molar-refractivity contribution in [2.24, 2.45) is 0 Å². The maximum Gasteiger partial charge on any atom is 0.200 e. The van der Waals surface area contributed by atoms with Crippen molar-refractivity contribution in [3.63, 3.8) is 0 Å². The van der Waals surface area contributed by atoms with Gasteiger partial charge in [-0.15, -0.1) is 0 Å². The monoisotopic (exact) mass is 773 g/mol. The number of rotatable bonds is 14. The van der Waals surface area contributed by atoms with Crippen molar-refractivity contribution in [1.29, 1.82) is 0 Å². The van der Waals surface area contributed by atoms with Crippen LogP contribution in [-0.4, -0.2) is 57.4 Å². The van der Waals surface area contributed by atoms with Gasteiger partial charge >= 0.3 is 0 Å². The Kier molecular flexibility index (Phi) is 13.7. The molecule has 4 aromatic carbocycles. The molecule has 10 nitrogen and oxygen atoms in total. The topological polar surface area (TPSA) is 138 Å². The fraction of sp³-hybridized carbons (Fsp3) is 0.222. The highest BCUT2D eigenvalue weighted by molar-refractivity contribution is 6.31. The molecule has 0 unspecified atom stereocenters. The number of halogens is 1. The zero-order valence-electron chi connectivity index (χ0n) is 31.3. The van der Waals surface area contributed by atoms with E-state index in [0.717, 1.165) is 48.2 Å². The second kappa shape index (κ2) is 19.2. The SMILES string of the molecule is CN(C)CCOc1cc(Cl)cc2c(=O)c3ccc(Oc4ccc(CCc5ccc(CO)cc5)nc4)cc3oc12.OCc1ccc(CCc2ccc(O)cn2)cc1. The molecule has 56 heavy (non-hydrogen) atoms.